The Bertz CT molecular complexity index is 518. The van der Waals surface area contributed by atoms with E-state index in [1.165, 1.54) is 0 Å². The van der Waals surface area contributed by atoms with Gasteiger partial charge < -0.3 is 9.84 Å². The van der Waals surface area contributed by atoms with Gasteiger partial charge in [-0.15, -0.1) is 0 Å². The number of nitrogens with one attached hydrogen (secondary N) is 1. The van der Waals surface area contributed by atoms with Gasteiger partial charge in [-0.3, -0.25) is 4.79 Å². The van der Waals surface area contributed by atoms with Gasteiger partial charge >= 0.3 is 0 Å². The molecule has 0 saturated heterocycles. The van der Waals surface area contributed by atoms with Crippen molar-refractivity contribution in [3.05, 3.63) is 23.1 Å². The van der Waals surface area contributed by atoms with Gasteiger partial charge in [0.15, 0.2) is 5.82 Å². The van der Waals surface area contributed by atoms with Crippen molar-refractivity contribution in [1.29, 1.82) is 0 Å². The first-order chi connectivity index (χ1) is 8.15. The van der Waals surface area contributed by atoms with Gasteiger partial charge in [-0.2, -0.15) is 4.98 Å². The molecule has 0 aliphatic heterocycles. The Hall–Kier alpha value is -2.25. The fourth-order valence-corrected chi connectivity index (χ4v) is 1.22. The topological polar surface area (TPSA) is 107 Å². The van der Waals surface area contributed by atoms with Crippen molar-refractivity contribution in [1.82, 2.24) is 25.8 Å². The number of nitrogens with zero attached hydrogens (tertiary/aromatic N) is 4. The third-order valence-corrected chi connectivity index (χ3v) is 2.09. The van der Waals surface area contributed by atoms with Gasteiger partial charge in [0.1, 0.15) is 11.4 Å². The molecule has 2 heterocycles. The van der Waals surface area contributed by atoms with Crippen molar-refractivity contribution in [2.75, 3.05) is 0 Å². The van der Waals surface area contributed by atoms with E-state index >= 15 is 0 Å². The Morgan fingerprint density at radius 1 is 1.29 bits per heavy atom. The second kappa shape index (κ2) is 4.73. The van der Waals surface area contributed by atoms with Crippen LogP contribution in [0.15, 0.2) is 9.15 Å². The number of hydrogen-bond donors (Lipinski definition) is 1. The SMILES string of the molecule is Cc1nc(CNC(=O)Cc2nonc2C)no1. The van der Waals surface area contributed by atoms with Gasteiger partial charge in [-0.25, -0.2) is 4.63 Å². The molecule has 0 saturated carbocycles. The van der Waals surface area contributed by atoms with Crippen molar-refractivity contribution in [3.63, 3.8) is 0 Å². The highest BCUT2D eigenvalue weighted by atomic mass is 16.6. The van der Waals surface area contributed by atoms with Crippen LogP contribution < -0.4 is 5.32 Å². The van der Waals surface area contributed by atoms with Crippen LogP contribution in [0.3, 0.4) is 0 Å². The lowest BCUT2D eigenvalue weighted by Gasteiger charge is -1.99. The zero-order valence-electron chi connectivity index (χ0n) is 9.43. The second-order valence-electron chi connectivity index (χ2n) is 3.48. The van der Waals surface area contributed by atoms with Crippen molar-refractivity contribution in [3.8, 4) is 0 Å². The molecule has 0 unspecified atom stereocenters. The standard InChI is InChI=1S/C9H11N5O3/c1-5-7(13-17-12-5)3-9(15)10-4-8-11-6(2)16-14-8/h3-4H2,1-2H3,(H,10,15). The van der Waals surface area contributed by atoms with Crippen LogP contribution in [0.25, 0.3) is 0 Å². The maximum Gasteiger partial charge on any atom is 0.226 e. The third kappa shape index (κ3) is 2.86. The van der Waals surface area contributed by atoms with E-state index < -0.39 is 0 Å². The maximum atomic E-state index is 11.5. The number of amides is 1. The minimum atomic E-state index is -0.203. The Morgan fingerprint density at radius 3 is 2.71 bits per heavy atom. The molecule has 2 aromatic heterocycles. The van der Waals surface area contributed by atoms with Gasteiger partial charge in [-0.1, -0.05) is 15.5 Å². The normalized spacial score (nSPS) is 10.5. The quantitative estimate of drug-likeness (QED) is 0.792. The van der Waals surface area contributed by atoms with E-state index in [2.05, 4.69) is 30.4 Å². The molecular formula is C9H11N5O3. The first-order valence-corrected chi connectivity index (χ1v) is 4.99. The third-order valence-electron chi connectivity index (χ3n) is 2.09. The molecule has 0 atom stereocenters. The van der Waals surface area contributed by atoms with Crippen molar-refractivity contribution in [2.24, 2.45) is 0 Å². The zero-order chi connectivity index (χ0) is 12.3. The van der Waals surface area contributed by atoms with Crippen LogP contribution in [0.1, 0.15) is 23.1 Å². The molecule has 0 bridgehead atoms. The first kappa shape index (κ1) is 11.2. The summed E-state index contributed by atoms with van der Waals surface area (Å²) in [6.45, 7) is 3.63. The van der Waals surface area contributed by atoms with E-state index in [-0.39, 0.29) is 18.9 Å². The summed E-state index contributed by atoms with van der Waals surface area (Å²) in [7, 11) is 0. The predicted octanol–water partition coefficient (Wildman–Crippen LogP) is -0.0717. The monoisotopic (exact) mass is 237 g/mol. The molecule has 0 spiro atoms. The van der Waals surface area contributed by atoms with E-state index in [1.54, 1.807) is 13.8 Å². The number of carbonyl (C=O) groups is 1. The summed E-state index contributed by atoms with van der Waals surface area (Å²) >= 11 is 0. The maximum absolute atomic E-state index is 11.5. The van der Waals surface area contributed by atoms with Crippen LogP contribution >= 0.6 is 0 Å². The smallest absolute Gasteiger partial charge is 0.226 e. The van der Waals surface area contributed by atoms with Gasteiger partial charge in [0.25, 0.3) is 0 Å². The highest BCUT2D eigenvalue weighted by Gasteiger charge is 2.11. The second-order valence-corrected chi connectivity index (χ2v) is 3.48. The molecule has 1 N–H and O–H groups in total. The van der Waals surface area contributed by atoms with Crippen LogP contribution in [0.5, 0.6) is 0 Å². The summed E-state index contributed by atoms with van der Waals surface area (Å²) in [4.78, 5) is 15.5. The van der Waals surface area contributed by atoms with Crippen LogP contribution in [-0.4, -0.2) is 26.4 Å². The van der Waals surface area contributed by atoms with Crippen LogP contribution in [0.2, 0.25) is 0 Å². The van der Waals surface area contributed by atoms with Crippen LogP contribution in [0.4, 0.5) is 0 Å². The van der Waals surface area contributed by atoms with Gasteiger partial charge in [-0.05, 0) is 6.92 Å². The average molecular weight is 237 g/mol. The number of aryl methyl sites for hydroxylation is 2. The van der Waals surface area contributed by atoms with E-state index in [4.69, 9.17) is 4.52 Å². The Balaban J connectivity index is 1.84. The van der Waals surface area contributed by atoms with E-state index in [9.17, 15) is 4.79 Å². The number of aromatic nitrogens is 4. The summed E-state index contributed by atoms with van der Waals surface area (Å²) in [6.07, 6.45) is 0.117. The van der Waals surface area contributed by atoms with Gasteiger partial charge in [0.05, 0.1) is 13.0 Å². The highest BCUT2D eigenvalue weighted by Crippen LogP contribution is 2.01. The summed E-state index contributed by atoms with van der Waals surface area (Å²) in [5.74, 6) is 0.697. The van der Waals surface area contributed by atoms with Gasteiger partial charge in [0, 0.05) is 6.92 Å². The van der Waals surface area contributed by atoms with Crippen molar-refractivity contribution >= 4 is 5.91 Å². The molecule has 8 heteroatoms. The first-order valence-electron chi connectivity index (χ1n) is 4.99. The molecule has 8 nitrogen and oxygen atoms in total. The lowest BCUT2D eigenvalue weighted by Crippen LogP contribution is -2.25. The molecule has 0 radical (unpaired) electrons. The molecule has 90 valence electrons. The molecule has 2 rings (SSSR count). The Kier molecular flexibility index (Phi) is 3.12. The van der Waals surface area contributed by atoms with E-state index in [0.29, 0.717) is 23.1 Å². The molecule has 0 aromatic carbocycles. The molecule has 1 amide bonds. The fraction of sp³-hybridized carbons (Fsp3) is 0.444. The largest absolute Gasteiger partial charge is 0.348 e. The summed E-state index contributed by atoms with van der Waals surface area (Å²) < 4.78 is 9.26. The fourth-order valence-electron chi connectivity index (χ4n) is 1.22. The minimum absolute atomic E-state index is 0.117. The lowest BCUT2D eigenvalue weighted by atomic mass is 10.2. The average Bonchev–Trinajstić information content (AvgIpc) is 2.86. The molecule has 17 heavy (non-hydrogen) atoms. The van der Waals surface area contributed by atoms with Gasteiger partial charge in [0.2, 0.25) is 11.8 Å². The molecule has 0 aliphatic rings. The van der Waals surface area contributed by atoms with Crippen LogP contribution in [-0.2, 0) is 17.8 Å². The summed E-state index contributed by atoms with van der Waals surface area (Å²) in [5.41, 5.74) is 1.13. The Morgan fingerprint density at radius 2 is 2.12 bits per heavy atom. The molecule has 2 aromatic rings. The molecule has 0 fully saturated rings. The molecular weight excluding hydrogens is 226 g/mol. The summed E-state index contributed by atoms with van der Waals surface area (Å²) in [5, 5.41) is 13.5. The van der Waals surface area contributed by atoms with E-state index in [0.717, 1.165) is 0 Å². The van der Waals surface area contributed by atoms with Crippen LogP contribution in [0, 0.1) is 13.8 Å². The zero-order valence-corrected chi connectivity index (χ0v) is 9.43. The van der Waals surface area contributed by atoms with E-state index in [1.807, 2.05) is 0 Å². The van der Waals surface area contributed by atoms with Crippen molar-refractivity contribution < 1.29 is 13.9 Å². The minimum Gasteiger partial charge on any atom is -0.348 e. The number of hydrogen-bond acceptors (Lipinski definition) is 7. The predicted molar refractivity (Wildman–Crippen MR) is 53.6 cm³/mol. The number of rotatable bonds is 4. The lowest BCUT2D eigenvalue weighted by molar-refractivity contribution is -0.120. The summed E-state index contributed by atoms with van der Waals surface area (Å²) in [6, 6.07) is 0. The highest BCUT2D eigenvalue weighted by molar-refractivity contribution is 5.78. The molecule has 0 aliphatic carbocycles. The Labute approximate surface area is 96.3 Å². The van der Waals surface area contributed by atoms with Crippen molar-refractivity contribution in [2.45, 2.75) is 26.8 Å². The number of carbonyl (C=O) groups excluding carboxylic acids is 1.